The van der Waals surface area contributed by atoms with Gasteiger partial charge in [0.05, 0.1) is 27.2 Å². The Morgan fingerprint density at radius 3 is 2.43 bits per heavy atom. The maximum absolute atomic E-state index is 13.2. The van der Waals surface area contributed by atoms with E-state index in [0.29, 0.717) is 5.56 Å². The van der Waals surface area contributed by atoms with Gasteiger partial charge in [0.25, 0.3) is 10.0 Å². The standard InChI is InChI=1S/C13H8ClFN2O3S/c14-11-5-9(15)6-12(13(11)18)17-21(19,20)10-3-1-8(7-16)2-4-10/h1-6,17-18H. The summed E-state index contributed by atoms with van der Waals surface area (Å²) in [4.78, 5) is -0.138. The third kappa shape index (κ3) is 3.24. The summed E-state index contributed by atoms with van der Waals surface area (Å²) in [5, 5.41) is 18.0. The van der Waals surface area contributed by atoms with Gasteiger partial charge in [-0.1, -0.05) is 11.6 Å². The molecular weight excluding hydrogens is 319 g/mol. The lowest BCUT2D eigenvalue weighted by Gasteiger charge is -2.10. The van der Waals surface area contributed by atoms with Crippen molar-refractivity contribution in [3.63, 3.8) is 0 Å². The zero-order chi connectivity index (χ0) is 15.6. The molecule has 0 heterocycles. The number of phenols is 1. The molecule has 0 radical (unpaired) electrons. The summed E-state index contributed by atoms with van der Waals surface area (Å²) in [7, 11) is -4.04. The third-order valence-corrected chi connectivity index (χ3v) is 4.24. The second-order valence-electron chi connectivity index (χ2n) is 4.03. The Hall–Kier alpha value is -2.30. The van der Waals surface area contributed by atoms with Crippen LogP contribution in [-0.4, -0.2) is 13.5 Å². The molecule has 0 saturated heterocycles. The first-order valence-corrected chi connectivity index (χ1v) is 7.40. The summed E-state index contributed by atoms with van der Waals surface area (Å²) in [6, 6.07) is 8.62. The van der Waals surface area contributed by atoms with Gasteiger partial charge in [-0.3, -0.25) is 4.72 Å². The highest BCUT2D eigenvalue weighted by molar-refractivity contribution is 7.92. The van der Waals surface area contributed by atoms with Crippen molar-refractivity contribution in [1.82, 2.24) is 0 Å². The van der Waals surface area contributed by atoms with Gasteiger partial charge in [-0.15, -0.1) is 0 Å². The zero-order valence-corrected chi connectivity index (χ0v) is 11.9. The number of anilines is 1. The molecule has 0 amide bonds. The summed E-state index contributed by atoms with van der Waals surface area (Å²) in [6.45, 7) is 0. The maximum Gasteiger partial charge on any atom is 0.262 e. The average Bonchev–Trinajstić information content (AvgIpc) is 2.44. The molecule has 0 atom stereocenters. The number of nitrogens with zero attached hydrogens (tertiary/aromatic N) is 1. The predicted octanol–water partition coefficient (Wildman–Crippen LogP) is 2.86. The molecule has 21 heavy (non-hydrogen) atoms. The number of sulfonamides is 1. The molecule has 2 aromatic carbocycles. The third-order valence-electron chi connectivity index (χ3n) is 2.57. The molecule has 2 N–H and O–H groups in total. The normalized spacial score (nSPS) is 10.9. The fourth-order valence-electron chi connectivity index (χ4n) is 1.56. The van der Waals surface area contributed by atoms with E-state index in [2.05, 4.69) is 0 Å². The number of hydrogen-bond donors (Lipinski definition) is 2. The Labute approximate surface area is 125 Å². The van der Waals surface area contributed by atoms with Crippen molar-refractivity contribution in [3.05, 3.63) is 52.8 Å². The average molecular weight is 327 g/mol. The number of phenolic OH excluding ortho intramolecular Hbond substituents is 1. The van der Waals surface area contributed by atoms with Gasteiger partial charge in [0.2, 0.25) is 0 Å². The van der Waals surface area contributed by atoms with Crippen molar-refractivity contribution < 1.29 is 17.9 Å². The van der Waals surface area contributed by atoms with E-state index in [1.165, 1.54) is 24.3 Å². The van der Waals surface area contributed by atoms with Crippen molar-refractivity contribution in [3.8, 4) is 11.8 Å². The molecular formula is C13H8ClFN2O3S. The Bertz CT molecular complexity index is 830. The van der Waals surface area contributed by atoms with Crippen LogP contribution < -0.4 is 4.72 Å². The van der Waals surface area contributed by atoms with E-state index in [9.17, 15) is 17.9 Å². The minimum Gasteiger partial charge on any atom is -0.504 e. The van der Waals surface area contributed by atoms with Crippen molar-refractivity contribution in [2.75, 3.05) is 4.72 Å². The Morgan fingerprint density at radius 1 is 1.24 bits per heavy atom. The summed E-state index contributed by atoms with van der Waals surface area (Å²) in [6.07, 6.45) is 0. The van der Waals surface area contributed by atoms with Crippen molar-refractivity contribution in [1.29, 1.82) is 5.26 Å². The van der Waals surface area contributed by atoms with E-state index in [1.807, 2.05) is 10.8 Å². The molecule has 0 aliphatic carbocycles. The fraction of sp³-hybridized carbons (Fsp3) is 0. The molecule has 2 aromatic rings. The highest BCUT2D eigenvalue weighted by Gasteiger charge is 2.18. The number of hydrogen-bond acceptors (Lipinski definition) is 4. The van der Waals surface area contributed by atoms with Gasteiger partial charge in [-0.25, -0.2) is 12.8 Å². The summed E-state index contributed by atoms with van der Waals surface area (Å²) >= 11 is 5.57. The topological polar surface area (TPSA) is 90.2 Å². The molecule has 0 fully saturated rings. The van der Waals surface area contributed by atoms with Crippen LogP contribution in [0.3, 0.4) is 0 Å². The molecule has 0 bridgehead atoms. The lowest BCUT2D eigenvalue weighted by Crippen LogP contribution is -2.13. The minimum atomic E-state index is -4.04. The number of benzene rings is 2. The van der Waals surface area contributed by atoms with Gasteiger partial charge in [0, 0.05) is 6.07 Å². The minimum absolute atomic E-state index is 0.138. The van der Waals surface area contributed by atoms with Crippen LogP contribution >= 0.6 is 11.6 Å². The van der Waals surface area contributed by atoms with Crippen LogP contribution in [0.1, 0.15) is 5.56 Å². The van der Waals surface area contributed by atoms with Crippen LogP contribution in [0.5, 0.6) is 5.75 Å². The number of aromatic hydroxyl groups is 1. The summed E-state index contributed by atoms with van der Waals surface area (Å²) < 4.78 is 39.5. The Morgan fingerprint density at radius 2 is 1.86 bits per heavy atom. The van der Waals surface area contributed by atoms with E-state index >= 15 is 0 Å². The molecule has 2 rings (SSSR count). The first-order valence-electron chi connectivity index (χ1n) is 5.54. The van der Waals surface area contributed by atoms with Gasteiger partial charge < -0.3 is 5.11 Å². The second kappa shape index (κ2) is 5.60. The summed E-state index contributed by atoms with van der Waals surface area (Å²) in [5.74, 6) is -1.37. The molecule has 8 heteroatoms. The van der Waals surface area contributed by atoms with Gasteiger partial charge in [0.15, 0.2) is 5.75 Å². The van der Waals surface area contributed by atoms with Crippen LogP contribution in [0.25, 0.3) is 0 Å². The van der Waals surface area contributed by atoms with E-state index in [0.717, 1.165) is 12.1 Å². The molecule has 0 saturated carbocycles. The lowest BCUT2D eigenvalue weighted by molar-refractivity contribution is 0.476. The highest BCUT2D eigenvalue weighted by atomic mass is 35.5. The first kappa shape index (κ1) is 15.1. The van der Waals surface area contributed by atoms with Crippen LogP contribution in [0, 0.1) is 17.1 Å². The number of nitrogens with one attached hydrogen (secondary N) is 1. The van der Waals surface area contributed by atoms with Crippen LogP contribution in [0.4, 0.5) is 10.1 Å². The van der Waals surface area contributed by atoms with Crippen molar-refractivity contribution in [2.45, 2.75) is 4.90 Å². The van der Waals surface area contributed by atoms with Crippen LogP contribution in [-0.2, 0) is 10.0 Å². The van der Waals surface area contributed by atoms with E-state index in [-0.39, 0.29) is 15.6 Å². The number of rotatable bonds is 3. The monoisotopic (exact) mass is 326 g/mol. The van der Waals surface area contributed by atoms with Gasteiger partial charge in [-0.2, -0.15) is 5.26 Å². The highest BCUT2D eigenvalue weighted by Crippen LogP contribution is 2.34. The van der Waals surface area contributed by atoms with Crippen molar-refractivity contribution in [2.24, 2.45) is 0 Å². The lowest BCUT2D eigenvalue weighted by atomic mass is 10.2. The van der Waals surface area contributed by atoms with E-state index in [1.54, 1.807) is 0 Å². The Kier molecular flexibility index (Phi) is 4.02. The maximum atomic E-state index is 13.2. The second-order valence-corrected chi connectivity index (χ2v) is 6.12. The SMILES string of the molecule is N#Cc1ccc(S(=O)(=O)Nc2cc(F)cc(Cl)c2O)cc1. The molecule has 5 nitrogen and oxygen atoms in total. The zero-order valence-electron chi connectivity index (χ0n) is 10.3. The molecule has 0 aliphatic heterocycles. The summed E-state index contributed by atoms with van der Waals surface area (Å²) in [5.41, 5.74) is -0.0741. The molecule has 108 valence electrons. The smallest absolute Gasteiger partial charge is 0.262 e. The van der Waals surface area contributed by atoms with E-state index < -0.39 is 21.6 Å². The van der Waals surface area contributed by atoms with E-state index in [4.69, 9.17) is 16.9 Å². The first-order chi connectivity index (χ1) is 9.83. The molecule has 0 unspecified atom stereocenters. The largest absolute Gasteiger partial charge is 0.504 e. The van der Waals surface area contributed by atoms with Gasteiger partial charge in [-0.05, 0) is 30.3 Å². The quantitative estimate of drug-likeness (QED) is 0.849. The van der Waals surface area contributed by atoms with Gasteiger partial charge in [0.1, 0.15) is 5.82 Å². The fourth-order valence-corrected chi connectivity index (χ4v) is 2.82. The Balaban J connectivity index is 2.40. The number of nitriles is 1. The number of halogens is 2. The van der Waals surface area contributed by atoms with Crippen LogP contribution in [0.15, 0.2) is 41.3 Å². The molecule has 0 aliphatic rings. The van der Waals surface area contributed by atoms with Crippen LogP contribution in [0.2, 0.25) is 5.02 Å². The molecule has 0 aromatic heterocycles. The predicted molar refractivity (Wildman–Crippen MR) is 75.0 cm³/mol. The van der Waals surface area contributed by atoms with Crippen molar-refractivity contribution >= 4 is 27.3 Å². The van der Waals surface area contributed by atoms with Gasteiger partial charge >= 0.3 is 0 Å². The molecule has 0 spiro atoms.